The first-order valence-corrected chi connectivity index (χ1v) is 8.92. The predicted molar refractivity (Wildman–Crippen MR) is 101 cm³/mol. The molecule has 0 saturated carbocycles. The Hall–Kier alpha value is -2.91. The van der Waals surface area contributed by atoms with Gasteiger partial charge in [0.1, 0.15) is 11.8 Å². The highest BCUT2D eigenvalue weighted by Gasteiger charge is 2.23. The standard InChI is InChI=1S/C18H21N3O5S/c1-10-6-14(16(23)20-9-11-4-3-5-12(22)7-11)27-15(10)17(24)21-13(8-19)18(25)26-2/h3-7,13,22H,8-9,19H2,1-2H3,(H,20,23)(H,21,24). The molecule has 0 aliphatic carbocycles. The molecule has 0 saturated heterocycles. The highest BCUT2D eigenvalue weighted by molar-refractivity contribution is 7.16. The molecule has 144 valence electrons. The van der Waals surface area contributed by atoms with Crippen molar-refractivity contribution in [3.8, 4) is 5.75 Å². The Balaban J connectivity index is 2.04. The summed E-state index contributed by atoms with van der Waals surface area (Å²) in [7, 11) is 1.21. The summed E-state index contributed by atoms with van der Waals surface area (Å²) >= 11 is 1.02. The van der Waals surface area contributed by atoms with Gasteiger partial charge >= 0.3 is 5.97 Å². The van der Waals surface area contributed by atoms with Gasteiger partial charge in [-0.15, -0.1) is 11.3 Å². The molecule has 0 fully saturated rings. The van der Waals surface area contributed by atoms with Crippen LogP contribution in [0.25, 0.3) is 0 Å². The third-order valence-corrected chi connectivity index (χ3v) is 4.97. The number of benzene rings is 1. The number of aromatic hydroxyl groups is 1. The van der Waals surface area contributed by atoms with E-state index in [1.165, 1.54) is 7.11 Å². The first-order chi connectivity index (χ1) is 12.8. The second-order valence-corrected chi connectivity index (χ2v) is 6.81. The lowest BCUT2D eigenvalue weighted by Crippen LogP contribution is -2.46. The molecule has 1 aromatic carbocycles. The normalized spacial score (nSPS) is 11.5. The first kappa shape index (κ1) is 20.4. The van der Waals surface area contributed by atoms with Gasteiger partial charge in [-0.2, -0.15) is 0 Å². The number of phenolic OH excluding ortho intramolecular Hbond substituents is 1. The van der Waals surface area contributed by atoms with Gasteiger partial charge in [-0.3, -0.25) is 9.59 Å². The number of methoxy groups -OCH3 is 1. The molecule has 0 radical (unpaired) electrons. The van der Waals surface area contributed by atoms with Crippen LogP contribution in [0.3, 0.4) is 0 Å². The van der Waals surface area contributed by atoms with Gasteiger partial charge < -0.3 is 26.2 Å². The van der Waals surface area contributed by atoms with Crippen molar-refractivity contribution in [3.05, 3.63) is 51.2 Å². The molecule has 1 atom stereocenters. The van der Waals surface area contributed by atoms with E-state index in [-0.39, 0.29) is 24.7 Å². The summed E-state index contributed by atoms with van der Waals surface area (Å²) < 4.78 is 4.58. The summed E-state index contributed by atoms with van der Waals surface area (Å²) in [4.78, 5) is 37.0. The summed E-state index contributed by atoms with van der Waals surface area (Å²) in [5.41, 5.74) is 6.84. The van der Waals surface area contributed by atoms with Crippen LogP contribution in [-0.4, -0.2) is 42.6 Å². The van der Waals surface area contributed by atoms with Crippen molar-refractivity contribution >= 4 is 29.1 Å². The Labute approximate surface area is 160 Å². The van der Waals surface area contributed by atoms with Gasteiger partial charge in [0, 0.05) is 13.1 Å². The van der Waals surface area contributed by atoms with Crippen LogP contribution >= 0.6 is 11.3 Å². The Kier molecular flexibility index (Phi) is 6.91. The van der Waals surface area contributed by atoms with Gasteiger partial charge in [0.05, 0.1) is 16.9 Å². The Morgan fingerprint density at radius 3 is 2.63 bits per heavy atom. The number of nitrogens with one attached hydrogen (secondary N) is 2. The number of nitrogens with two attached hydrogens (primary N) is 1. The number of aryl methyl sites for hydroxylation is 1. The topological polar surface area (TPSA) is 131 Å². The highest BCUT2D eigenvalue weighted by Crippen LogP contribution is 2.22. The third kappa shape index (κ3) is 5.28. The Morgan fingerprint density at radius 2 is 2.00 bits per heavy atom. The fraction of sp³-hybridized carbons (Fsp3) is 0.278. The number of hydrogen-bond donors (Lipinski definition) is 4. The van der Waals surface area contributed by atoms with Gasteiger partial charge in [-0.05, 0) is 36.2 Å². The zero-order valence-corrected chi connectivity index (χ0v) is 15.8. The van der Waals surface area contributed by atoms with Gasteiger partial charge in [-0.1, -0.05) is 12.1 Å². The van der Waals surface area contributed by atoms with Crippen LogP contribution in [0.5, 0.6) is 5.75 Å². The van der Waals surface area contributed by atoms with Crippen LogP contribution in [0.15, 0.2) is 30.3 Å². The van der Waals surface area contributed by atoms with Crippen LogP contribution in [0.4, 0.5) is 0 Å². The number of esters is 1. The van der Waals surface area contributed by atoms with Gasteiger partial charge in [-0.25, -0.2) is 4.79 Å². The summed E-state index contributed by atoms with van der Waals surface area (Å²) in [6.07, 6.45) is 0. The highest BCUT2D eigenvalue weighted by atomic mass is 32.1. The van der Waals surface area contributed by atoms with E-state index in [0.717, 1.165) is 16.9 Å². The molecule has 2 rings (SSSR count). The largest absolute Gasteiger partial charge is 0.508 e. The van der Waals surface area contributed by atoms with Gasteiger partial charge in [0.2, 0.25) is 0 Å². The molecule has 2 aromatic rings. The molecule has 27 heavy (non-hydrogen) atoms. The minimum atomic E-state index is -0.952. The van der Waals surface area contributed by atoms with E-state index < -0.39 is 17.9 Å². The van der Waals surface area contributed by atoms with Crippen molar-refractivity contribution in [1.82, 2.24) is 10.6 Å². The lowest BCUT2D eigenvalue weighted by Gasteiger charge is -2.13. The monoisotopic (exact) mass is 391 g/mol. The van der Waals surface area contributed by atoms with Crippen molar-refractivity contribution in [2.24, 2.45) is 5.73 Å². The molecule has 1 aromatic heterocycles. The van der Waals surface area contributed by atoms with E-state index in [1.54, 1.807) is 37.3 Å². The quantitative estimate of drug-likeness (QED) is 0.519. The molecule has 8 nitrogen and oxygen atoms in total. The van der Waals surface area contributed by atoms with Crippen LogP contribution in [0.1, 0.15) is 30.5 Å². The minimum absolute atomic E-state index is 0.0971. The molecule has 2 amide bonds. The molecule has 0 aliphatic heterocycles. The van der Waals surface area contributed by atoms with Crippen molar-refractivity contribution in [1.29, 1.82) is 0 Å². The number of phenols is 1. The number of hydrogen-bond acceptors (Lipinski definition) is 7. The summed E-state index contributed by atoms with van der Waals surface area (Å²) in [6.45, 7) is 1.84. The average Bonchev–Trinajstić information content (AvgIpc) is 3.05. The van der Waals surface area contributed by atoms with Gasteiger partial charge in [0.25, 0.3) is 11.8 Å². The zero-order chi connectivity index (χ0) is 20.0. The Morgan fingerprint density at radius 1 is 1.26 bits per heavy atom. The van der Waals surface area contributed by atoms with E-state index in [1.807, 2.05) is 0 Å². The van der Waals surface area contributed by atoms with Crippen molar-refractivity contribution in [2.45, 2.75) is 19.5 Å². The minimum Gasteiger partial charge on any atom is -0.508 e. The van der Waals surface area contributed by atoms with E-state index in [9.17, 15) is 19.5 Å². The van der Waals surface area contributed by atoms with E-state index in [2.05, 4.69) is 15.4 Å². The van der Waals surface area contributed by atoms with Crippen LogP contribution in [0.2, 0.25) is 0 Å². The molecular weight excluding hydrogens is 370 g/mol. The maximum atomic E-state index is 12.4. The van der Waals surface area contributed by atoms with Crippen molar-refractivity contribution in [2.75, 3.05) is 13.7 Å². The zero-order valence-electron chi connectivity index (χ0n) is 14.9. The maximum Gasteiger partial charge on any atom is 0.329 e. The number of carbonyl (C=O) groups is 3. The first-order valence-electron chi connectivity index (χ1n) is 8.11. The summed E-state index contributed by atoms with van der Waals surface area (Å²) in [5, 5.41) is 14.7. The van der Waals surface area contributed by atoms with Crippen LogP contribution in [-0.2, 0) is 16.1 Å². The molecule has 0 bridgehead atoms. The van der Waals surface area contributed by atoms with Crippen molar-refractivity contribution in [3.63, 3.8) is 0 Å². The molecule has 9 heteroatoms. The molecular formula is C18H21N3O5S. The number of thiophene rings is 1. The summed E-state index contributed by atoms with van der Waals surface area (Å²) in [5.74, 6) is -1.35. The number of ether oxygens (including phenoxy) is 1. The second kappa shape index (κ2) is 9.15. The molecule has 1 heterocycles. The molecule has 1 unspecified atom stereocenters. The van der Waals surface area contributed by atoms with Crippen molar-refractivity contribution < 1.29 is 24.2 Å². The lowest BCUT2D eigenvalue weighted by atomic mass is 10.2. The third-order valence-electron chi connectivity index (χ3n) is 3.74. The molecule has 0 spiro atoms. The predicted octanol–water partition coefficient (Wildman–Crippen LogP) is 0.922. The van der Waals surface area contributed by atoms with E-state index in [0.29, 0.717) is 15.3 Å². The van der Waals surface area contributed by atoms with Crippen LogP contribution in [0, 0.1) is 6.92 Å². The molecule has 5 N–H and O–H groups in total. The number of rotatable bonds is 7. The fourth-order valence-electron chi connectivity index (χ4n) is 2.34. The number of amides is 2. The van der Waals surface area contributed by atoms with Crippen LogP contribution < -0.4 is 16.4 Å². The summed E-state index contributed by atoms with van der Waals surface area (Å²) in [6, 6.07) is 7.21. The number of carbonyl (C=O) groups excluding carboxylic acids is 3. The molecule has 0 aliphatic rings. The maximum absolute atomic E-state index is 12.4. The fourth-order valence-corrected chi connectivity index (χ4v) is 3.33. The average molecular weight is 391 g/mol. The smallest absolute Gasteiger partial charge is 0.329 e. The van der Waals surface area contributed by atoms with E-state index in [4.69, 9.17) is 5.73 Å². The Bertz CT molecular complexity index is 849. The SMILES string of the molecule is COC(=O)C(CN)NC(=O)c1sc(C(=O)NCc2cccc(O)c2)cc1C. The van der Waals surface area contributed by atoms with Gasteiger partial charge in [0.15, 0.2) is 0 Å². The second-order valence-electron chi connectivity index (χ2n) is 5.76. The lowest BCUT2D eigenvalue weighted by molar-refractivity contribution is -0.142. The van der Waals surface area contributed by atoms with E-state index >= 15 is 0 Å².